The quantitative estimate of drug-likeness (QED) is 0.712. The van der Waals surface area contributed by atoms with Gasteiger partial charge in [0.25, 0.3) is 0 Å². The number of Topliss-reactive ketones (excluding diaryl/α,β-unsaturated/α-hetero) is 1. The molecule has 0 N–H and O–H groups in total. The SMILES string of the molecule is CC(=O)CCSCc1ccc(Cl)o1. The highest BCUT2D eigenvalue weighted by atomic mass is 35.5. The molecule has 0 spiro atoms. The molecule has 0 fully saturated rings. The average Bonchev–Trinajstić information content (AvgIpc) is 2.45. The number of rotatable bonds is 5. The van der Waals surface area contributed by atoms with Gasteiger partial charge in [0.05, 0.1) is 5.75 Å². The number of carbonyl (C=O) groups is 1. The molecule has 0 aromatic carbocycles. The van der Waals surface area contributed by atoms with E-state index < -0.39 is 0 Å². The Bertz CT molecular complexity index is 283. The van der Waals surface area contributed by atoms with E-state index in [2.05, 4.69) is 0 Å². The normalized spacial score (nSPS) is 10.3. The first-order valence-electron chi connectivity index (χ1n) is 4.00. The fourth-order valence-corrected chi connectivity index (χ4v) is 1.91. The van der Waals surface area contributed by atoms with Crippen LogP contribution in [0, 0.1) is 0 Å². The maximum Gasteiger partial charge on any atom is 0.193 e. The Balaban J connectivity index is 2.16. The van der Waals surface area contributed by atoms with Crippen molar-refractivity contribution in [3.05, 3.63) is 23.1 Å². The summed E-state index contributed by atoms with van der Waals surface area (Å²) < 4.78 is 5.15. The maximum absolute atomic E-state index is 10.6. The van der Waals surface area contributed by atoms with Gasteiger partial charge in [-0.2, -0.15) is 11.8 Å². The predicted octanol–water partition coefficient (Wildman–Crippen LogP) is 3.15. The van der Waals surface area contributed by atoms with Crippen LogP contribution in [0.25, 0.3) is 0 Å². The third-order valence-electron chi connectivity index (χ3n) is 1.47. The van der Waals surface area contributed by atoms with E-state index in [0.29, 0.717) is 11.6 Å². The summed E-state index contributed by atoms with van der Waals surface area (Å²) in [5.74, 6) is 2.71. The molecule has 1 aromatic heterocycles. The Hall–Kier alpha value is -0.410. The van der Waals surface area contributed by atoms with Crippen molar-refractivity contribution in [2.24, 2.45) is 0 Å². The molecule has 0 atom stereocenters. The summed E-state index contributed by atoms with van der Waals surface area (Å²) in [5.41, 5.74) is 0. The minimum atomic E-state index is 0.227. The van der Waals surface area contributed by atoms with E-state index >= 15 is 0 Å². The van der Waals surface area contributed by atoms with Crippen LogP contribution in [0.2, 0.25) is 5.22 Å². The highest BCUT2D eigenvalue weighted by Gasteiger charge is 2.00. The molecular formula is C9H11ClO2S. The maximum atomic E-state index is 10.6. The molecule has 13 heavy (non-hydrogen) atoms. The smallest absolute Gasteiger partial charge is 0.193 e. The summed E-state index contributed by atoms with van der Waals surface area (Å²) in [7, 11) is 0. The van der Waals surface area contributed by atoms with Crippen LogP contribution in [0.15, 0.2) is 16.5 Å². The Morgan fingerprint density at radius 3 is 2.92 bits per heavy atom. The first-order chi connectivity index (χ1) is 6.18. The number of carbonyl (C=O) groups excluding carboxylic acids is 1. The Morgan fingerprint density at radius 1 is 1.62 bits per heavy atom. The van der Waals surface area contributed by atoms with Crippen LogP contribution in [-0.4, -0.2) is 11.5 Å². The standard InChI is InChI=1S/C9H11ClO2S/c1-7(11)4-5-13-6-8-2-3-9(10)12-8/h2-3H,4-6H2,1H3. The van der Waals surface area contributed by atoms with Crippen LogP contribution in [0.3, 0.4) is 0 Å². The molecule has 0 aliphatic rings. The highest BCUT2D eigenvalue weighted by molar-refractivity contribution is 7.98. The van der Waals surface area contributed by atoms with Crippen molar-refractivity contribution >= 4 is 29.1 Å². The summed E-state index contributed by atoms with van der Waals surface area (Å²) in [5, 5.41) is 0.419. The van der Waals surface area contributed by atoms with E-state index in [1.807, 2.05) is 6.07 Å². The molecule has 72 valence electrons. The van der Waals surface area contributed by atoms with E-state index in [4.69, 9.17) is 16.0 Å². The van der Waals surface area contributed by atoms with Gasteiger partial charge in [-0.1, -0.05) is 0 Å². The van der Waals surface area contributed by atoms with E-state index in [1.165, 1.54) is 0 Å². The van der Waals surface area contributed by atoms with E-state index in [-0.39, 0.29) is 5.78 Å². The third kappa shape index (κ3) is 4.39. The van der Waals surface area contributed by atoms with Crippen molar-refractivity contribution in [1.82, 2.24) is 0 Å². The van der Waals surface area contributed by atoms with Crippen molar-refractivity contribution < 1.29 is 9.21 Å². The molecule has 1 heterocycles. The number of thioether (sulfide) groups is 1. The fraction of sp³-hybridized carbons (Fsp3) is 0.444. The number of hydrogen-bond donors (Lipinski definition) is 0. The number of hydrogen-bond acceptors (Lipinski definition) is 3. The Kier molecular flexibility index (Phi) is 4.39. The van der Waals surface area contributed by atoms with E-state index in [9.17, 15) is 4.79 Å². The van der Waals surface area contributed by atoms with Crippen LogP contribution < -0.4 is 0 Å². The van der Waals surface area contributed by atoms with Crippen molar-refractivity contribution in [2.45, 2.75) is 19.1 Å². The molecule has 0 unspecified atom stereocenters. The number of furan rings is 1. The van der Waals surface area contributed by atoms with Crippen LogP contribution in [-0.2, 0) is 10.5 Å². The first-order valence-corrected chi connectivity index (χ1v) is 5.53. The summed E-state index contributed by atoms with van der Waals surface area (Å²) in [6, 6.07) is 3.57. The minimum absolute atomic E-state index is 0.227. The lowest BCUT2D eigenvalue weighted by molar-refractivity contribution is -0.116. The summed E-state index contributed by atoms with van der Waals surface area (Å²) in [6.45, 7) is 1.60. The lowest BCUT2D eigenvalue weighted by Crippen LogP contribution is -1.91. The minimum Gasteiger partial charge on any atom is -0.449 e. The predicted molar refractivity (Wildman–Crippen MR) is 55.2 cm³/mol. The second-order valence-electron chi connectivity index (χ2n) is 2.71. The lowest BCUT2D eigenvalue weighted by atomic mass is 10.4. The largest absolute Gasteiger partial charge is 0.449 e. The van der Waals surface area contributed by atoms with Gasteiger partial charge in [-0.15, -0.1) is 0 Å². The second kappa shape index (κ2) is 5.35. The van der Waals surface area contributed by atoms with Crippen molar-refractivity contribution in [1.29, 1.82) is 0 Å². The van der Waals surface area contributed by atoms with Gasteiger partial charge in [-0.3, -0.25) is 4.79 Å². The van der Waals surface area contributed by atoms with Gasteiger partial charge in [0, 0.05) is 12.2 Å². The molecule has 0 bridgehead atoms. The topological polar surface area (TPSA) is 30.2 Å². The van der Waals surface area contributed by atoms with Gasteiger partial charge in [0.1, 0.15) is 11.5 Å². The number of ketones is 1. The van der Waals surface area contributed by atoms with Crippen LogP contribution in [0.1, 0.15) is 19.1 Å². The van der Waals surface area contributed by atoms with Crippen LogP contribution in [0.5, 0.6) is 0 Å². The van der Waals surface area contributed by atoms with Crippen LogP contribution in [0.4, 0.5) is 0 Å². The van der Waals surface area contributed by atoms with Gasteiger partial charge < -0.3 is 4.42 Å². The molecule has 1 rings (SSSR count). The second-order valence-corrected chi connectivity index (χ2v) is 4.19. The molecule has 0 saturated carbocycles. The summed E-state index contributed by atoms with van der Waals surface area (Å²) >= 11 is 7.27. The molecule has 0 saturated heterocycles. The first kappa shape index (κ1) is 10.7. The molecule has 2 nitrogen and oxygen atoms in total. The highest BCUT2D eigenvalue weighted by Crippen LogP contribution is 2.18. The summed E-state index contributed by atoms with van der Waals surface area (Å²) in [4.78, 5) is 10.6. The molecule has 0 aliphatic carbocycles. The van der Waals surface area contributed by atoms with Gasteiger partial charge in [0.15, 0.2) is 5.22 Å². The average molecular weight is 219 g/mol. The zero-order valence-electron chi connectivity index (χ0n) is 7.38. The zero-order valence-corrected chi connectivity index (χ0v) is 8.95. The van der Waals surface area contributed by atoms with Crippen LogP contribution >= 0.6 is 23.4 Å². The Morgan fingerprint density at radius 2 is 2.38 bits per heavy atom. The Labute approximate surface area is 86.6 Å². The zero-order chi connectivity index (χ0) is 9.68. The number of halogens is 1. The molecular weight excluding hydrogens is 208 g/mol. The molecule has 0 radical (unpaired) electrons. The third-order valence-corrected chi connectivity index (χ3v) is 2.66. The molecule has 1 aromatic rings. The van der Waals surface area contributed by atoms with Crippen molar-refractivity contribution in [3.8, 4) is 0 Å². The molecule has 0 amide bonds. The molecule has 0 aliphatic heterocycles. The van der Waals surface area contributed by atoms with Gasteiger partial charge in [-0.05, 0) is 30.7 Å². The monoisotopic (exact) mass is 218 g/mol. The summed E-state index contributed by atoms with van der Waals surface area (Å²) in [6.07, 6.45) is 0.624. The van der Waals surface area contributed by atoms with Crippen molar-refractivity contribution in [2.75, 3.05) is 5.75 Å². The van der Waals surface area contributed by atoms with E-state index in [0.717, 1.165) is 17.3 Å². The van der Waals surface area contributed by atoms with Crippen molar-refractivity contribution in [3.63, 3.8) is 0 Å². The van der Waals surface area contributed by atoms with E-state index in [1.54, 1.807) is 24.8 Å². The van der Waals surface area contributed by atoms with Gasteiger partial charge in [-0.25, -0.2) is 0 Å². The van der Waals surface area contributed by atoms with Gasteiger partial charge in [0.2, 0.25) is 0 Å². The lowest BCUT2D eigenvalue weighted by Gasteiger charge is -1.95. The molecule has 4 heteroatoms. The fourth-order valence-electron chi connectivity index (χ4n) is 0.818. The van der Waals surface area contributed by atoms with Gasteiger partial charge >= 0.3 is 0 Å².